The quantitative estimate of drug-likeness (QED) is 0.878. The lowest BCUT2D eigenvalue weighted by Crippen LogP contribution is -2.33. The van der Waals surface area contributed by atoms with E-state index in [0.29, 0.717) is 16.4 Å². The van der Waals surface area contributed by atoms with Crippen molar-refractivity contribution < 1.29 is 9.59 Å². The Balaban J connectivity index is 2.02. The highest BCUT2D eigenvalue weighted by Crippen LogP contribution is 2.27. The lowest BCUT2D eigenvalue weighted by atomic mass is 10.2. The predicted molar refractivity (Wildman–Crippen MR) is 88.9 cm³/mol. The molecule has 0 bridgehead atoms. The fourth-order valence-electron chi connectivity index (χ4n) is 1.92. The summed E-state index contributed by atoms with van der Waals surface area (Å²) in [6.45, 7) is 0.251. The number of nitrogens with one attached hydrogen (secondary N) is 2. The summed E-state index contributed by atoms with van der Waals surface area (Å²) in [5.74, 6) is -0.0507. The molecule has 0 radical (unpaired) electrons. The molecule has 0 saturated heterocycles. The molecule has 3 amide bonds. The largest absolute Gasteiger partial charge is 0.349 e. The first kappa shape index (κ1) is 16.8. The van der Waals surface area contributed by atoms with Gasteiger partial charge in [0, 0.05) is 39.5 Å². The molecule has 23 heavy (non-hydrogen) atoms. The van der Waals surface area contributed by atoms with Crippen LogP contribution in [0.3, 0.4) is 0 Å². The van der Waals surface area contributed by atoms with E-state index in [4.69, 9.17) is 11.6 Å². The standard InChI is InChI=1S/C15H18ClN5O2/c1-20(2)13(22)7-9-17-15(23)19-12-6-3-5-11(16)14(12)21-10-4-8-18-21/h3-6,8,10H,7,9H2,1-2H3,(H2,17,19,23). The second-order valence-electron chi connectivity index (χ2n) is 5.01. The molecule has 7 nitrogen and oxygen atoms in total. The zero-order chi connectivity index (χ0) is 16.8. The van der Waals surface area contributed by atoms with Crippen molar-refractivity contribution in [1.29, 1.82) is 0 Å². The third-order valence-corrected chi connectivity index (χ3v) is 3.40. The molecule has 0 fully saturated rings. The number of benzene rings is 1. The average molecular weight is 336 g/mol. The van der Waals surface area contributed by atoms with Crippen molar-refractivity contribution in [3.05, 3.63) is 41.7 Å². The topological polar surface area (TPSA) is 79.3 Å². The minimum absolute atomic E-state index is 0.0507. The number of anilines is 1. The number of hydrogen-bond donors (Lipinski definition) is 2. The Labute approximate surface area is 139 Å². The molecule has 0 aliphatic carbocycles. The van der Waals surface area contributed by atoms with Crippen LogP contribution in [0, 0.1) is 0 Å². The molecule has 1 aromatic heterocycles. The van der Waals surface area contributed by atoms with E-state index in [-0.39, 0.29) is 18.9 Å². The first-order valence-corrected chi connectivity index (χ1v) is 7.40. The van der Waals surface area contributed by atoms with Gasteiger partial charge in [-0.2, -0.15) is 5.10 Å². The van der Waals surface area contributed by atoms with Crippen molar-refractivity contribution >= 4 is 29.2 Å². The molecular formula is C15H18ClN5O2. The van der Waals surface area contributed by atoms with Crippen LogP contribution >= 0.6 is 11.6 Å². The van der Waals surface area contributed by atoms with E-state index in [2.05, 4.69) is 15.7 Å². The third-order valence-electron chi connectivity index (χ3n) is 3.09. The van der Waals surface area contributed by atoms with Crippen molar-refractivity contribution in [2.45, 2.75) is 6.42 Å². The third kappa shape index (κ3) is 4.46. The van der Waals surface area contributed by atoms with Crippen LogP contribution in [-0.4, -0.2) is 47.3 Å². The Hall–Kier alpha value is -2.54. The van der Waals surface area contributed by atoms with Gasteiger partial charge in [-0.15, -0.1) is 0 Å². The van der Waals surface area contributed by atoms with E-state index in [0.717, 1.165) is 0 Å². The van der Waals surface area contributed by atoms with Crippen molar-refractivity contribution in [3.63, 3.8) is 0 Å². The maximum atomic E-state index is 12.0. The van der Waals surface area contributed by atoms with Crippen molar-refractivity contribution in [3.8, 4) is 5.69 Å². The van der Waals surface area contributed by atoms with Gasteiger partial charge in [0.05, 0.1) is 10.7 Å². The number of aromatic nitrogens is 2. The minimum atomic E-state index is -0.410. The fraction of sp³-hybridized carbons (Fsp3) is 0.267. The van der Waals surface area contributed by atoms with Crippen LogP contribution < -0.4 is 10.6 Å². The summed E-state index contributed by atoms with van der Waals surface area (Å²) < 4.78 is 1.58. The molecular weight excluding hydrogens is 318 g/mol. The van der Waals surface area contributed by atoms with Gasteiger partial charge in [0.25, 0.3) is 0 Å². The lowest BCUT2D eigenvalue weighted by molar-refractivity contribution is -0.128. The molecule has 8 heteroatoms. The highest BCUT2D eigenvalue weighted by molar-refractivity contribution is 6.33. The summed E-state index contributed by atoms with van der Waals surface area (Å²) in [6, 6.07) is 6.54. The van der Waals surface area contributed by atoms with Crippen LogP contribution in [0.5, 0.6) is 0 Å². The van der Waals surface area contributed by atoms with E-state index >= 15 is 0 Å². The monoisotopic (exact) mass is 335 g/mol. The van der Waals surface area contributed by atoms with Crippen LogP contribution in [0.25, 0.3) is 5.69 Å². The van der Waals surface area contributed by atoms with Crippen LogP contribution in [0.1, 0.15) is 6.42 Å². The van der Waals surface area contributed by atoms with Gasteiger partial charge in [0.2, 0.25) is 5.91 Å². The van der Waals surface area contributed by atoms with Crippen LogP contribution in [0.15, 0.2) is 36.7 Å². The lowest BCUT2D eigenvalue weighted by Gasteiger charge is -2.14. The molecule has 2 rings (SSSR count). The highest BCUT2D eigenvalue weighted by atomic mass is 35.5. The number of amides is 3. The number of carbonyl (C=O) groups is 2. The van der Waals surface area contributed by atoms with Crippen molar-refractivity contribution in [1.82, 2.24) is 20.0 Å². The Kier molecular flexibility index (Phi) is 5.59. The molecule has 1 heterocycles. The second-order valence-corrected chi connectivity index (χ2v) is 5.41. The fourth-order valence-corrected chi connectivity index (χ4v) is 2.18. The number of nitrogens with zero attached hydrogens (tertiary/aromatic N) is 3. The molecule has 2 N–H and O–H groups in total. The molecule has 0 saturated carbocycles. The number of rotatable bonds is 5. The van der Waals surface area contributed by atoms with Crippen molar-refractivity contribution in [2.24, 2.45) is 0 Å². The van der Waals surface area contributed by atoms with Gasteiger partial charge in [-0.3, -0.25) is 4.79 Å². The van der Waals surface area contributed by atoms with Crippen LogP contribution in [0.4, 0.5) is 10.5 Å². The van der Waals surface area contributed by atoms with E-state index in [9.17, 15) is 9.59 Å². The number of urea groups is 1. The number of carbonyl (C=O) groups excluding carboxylic acids is 2. The van der Waals surface area contributed by atoms with Gasteiger partial charge < -0.3 is 15.5 Å². The molecule has 0 spiro atoms. The SMILES string of the molecule is CN(C)C(=O)CCNC(=O)Nc1cccc(Cl)c1-n1cccn1. The van der Waals surface area contributed by atoms with Gasteiger partial charge in [0.15, 0.2) is 0 Å². The first-order chi connectivity index (χ1) is 11.0. The van der Waals surface area contributed by atoms with Gasteiger partial charge in [-0.1, -0.05) is 17.7 Å². The number of para-hydroxylation sites is 1. The van der Waals surface area contributed by atoms with Gasteiger partial charge in [0.1, 0.15) is 5.69 Å². The summed E-state index contributed by atoms with van der Waals surface area (Å²) in [7, 11) is 3.34. The average Bonchev–Trinajstić information content (AvgIpc) is 3.01. The second kappa shape index (κ2) is 7.64. The van der Waals surface area contributed by atoms with Crippen molar-refractivity contribution in [2.75, 3.05) is 26.0 Å². The Bertz CT molecular complexity index is 685. The smallest absolute Gasteiger partial charge is 0.319 e. The van der Waals surface area contributed by atoms with E-state index in [1.165, 1.54) is 4.90 Å². The molecule has 2 aromatic rings. The first-order valence-electron chi connectivity index (χ1n) is 7.02. The minimum Gasteiger partial charge on any atom is -0.349 e. The normalized spacial score (nSPS) is 10.2. The van der Waals surface area contributed by atoms with E-state index in [1.54, 1.807) is 55.4 Å². The molecule has 0 unspecified atom stereocenters. The summed E-state index contributed by atoms with van der Waals surface area (Å²) >= 11 is 6.20. The molecule has 0 aliphatic heterocycles. The summed E-state index contributed by atoms with van der Waals surface area (Å²) in [5.41, 5.74) is 1.11. The summed E-state index contributed by atoms with van der Waals surface area (Å²) in [6.07, 6.45) is 3.60. The molecule has 122 valence electrons. The Morgan fingerprint density at radius 2 is 2.09 bits per heavy atom. The number of halogens is 1. The predicted octanol–water partition coefficient (Wildman–Crippen LogP) is 2.13. The van der Waals surface area contributed by atoms with Gasteiger partial charge in [-0.05, 0) is 18.2 Å². The summed E-state index contributed by atoms with van der Waals surface area (Å²) in [5, 5.41) is 9.96. The van der Waals surface area contributed by atoms with E-state index < -0.39 is 6.03 Å². The Morgan fingerprint density at radius 3 is 2.74 bits per heavy atom. The zero-order valence-electron chi connectivity index (χ0n) is 12.9. The van der Waals surface area contributed by atoms with Gasteiger partial charge in [-0.25, -0.2) is 9.48 Å². The maximum absolute atomic E-state index is 12.0. The van der Waals surface area contributed by atoms with Crippen LogP contribution in [0.2, 0.25) is 5.02 Å². The zero-order valence-corrected chi connectivity index (χ0v) is 13.7. The summed E-state index contributed by atoms with van der Waals surface area (Å²) in [4.78, 5) is 24.9. The highest BCUT2D eigenvalue weighted by Gasteiger charge is 2.12. The van der Waals surface area contributed by atoms with Gasteiger partial charge >= 0.3 is 6.03 Å². The molecule has 0 atom stereocenters. The number of hydrogen-bond acceptors (Lipinski definition) is 3. The Morgan fingerprint density at radius 1 is 1.30 bits per heavy atom. The molecule has 1 aromatic carbocycles. The maximum Gasteiger partial charge on any atom is 0.319 e. The molecule has 0 aliphatic rings. The van der Waals surface area contributed by atoms with E-state index in [1.807, 2.05) is 0 Å². The van der Waals surface area contributed by atoms with Crippen LogP contribution in [-0.2, 0) is 4.79 Å².